The molecular weight excluding hydrogens is 639 g/mol. The van der Waals surface area contributed by atoms with Crippen LogP contribution in [-0.4, -0.2) is 51.4 Å². The zero-order chi connectivity index (χ0) is 33.1. The van der Waals surface area contributed by atoms with Crippen molar-refractivity contribution in [3.63, 3.8) is 0 Å². The van der Waals surface area contributed by atoms with E-state index in [1.54, 1.807) is 0 Å². The smallest absolute Gasteiger partial charge is 0.435 e. The first-order valence-electron chi connectivity index (χ1n) is 12.7. The normalized spacial score (nSPS) is 17.8. The fourth-order valence-corrected chi connectivity index (χ4v) is 4.90. The molecule has 2 atom stereocenters. The lowest BCUT2D eigenvalue weighted by Gasteiger charge is -2.31. The van der Waals surface area contributed by atoms with E-state index >= 15 is 0 Å². The molecule has 0 saturated heterocycles. The number of carbonyl (C=O) groups is 2. The predicted octanol–water partition coefficient (Wildman–Crippen LogP) is 4.82. The molecule has 2 amide bonds. The standard InChI is InChI=1S/C28H19ClF7N5O4/c1-25(24(37)43)11-45-22-16(25)9-18(39-21(22)12-2-4-15(30)5-3-12)26(44,28(34,35)36)10-38-23(42)14-6-13-8-19(27(31,32)33)40-41-20(13)17(29)7-14/h2-9,44H,10-11H2,1H3,(H2,37,43)(H,38,42)/t25-,26-/m0/s1. The monoisotopic (exact) mass is 657 g/mol. The lowest BCUT2D eigenvalue weighted by Crippen LogP contribution is -2.51. The van der Waals surface area contributed by atoms with Gasteiger partial charge in [-0.15, -0.1) is 10.2 Å². The minimum absolute atomic E-state index is 0.0731. The van der Waals surface area contributed by atoms with E-state index in [1.165, 1.54) is 19.1 Å². The van der Waals surface area contributed by atoms with Gasteiger partial charge in [0.25, 0.3) is 5.91 Å². The molecule has 0 unspecified atom stereocenters. The number of rotatable bonds is 6. The molecule has 5 rings (SSSR count). The number of hydrogen-bond acceptors (Lipinski definition) is 7. The number of carbonyl (C=O) groups excluding carboxylic acids is 2. The van der Waals surface area contributed by atoms with Crippen molar-refractivity contribution in [1.82, 2.24) is 20.5 Å². The summed E-state index contributed by atoms with van der Waals surface area (Å²) in [7, 11) is 0. The molecule has 9 nitrogen and oxygen atoms in total. The van der Waals surface area contributed by atoms with E-state index in [4.69, 9.17) is 22.1 Å². The molecule has 0 fully saturated rings. The van der Waals surface area contributed by atoms with E-state index in [1.807, 2.05) is 5.32 Å². The Bertz CT molecular complexity index is 1850. The van der Waals surface area contributed by atoms with Gasteiger partial charge < -0.3 is 20.9 Å². The number of halogens is 8. The number of hydrogen-bond donors (Lipinski definition) is 3. The van der Waals surface area contributed by atoms with Crippen molar-refractivity contribution in [1.29, 1.82) is 0 Å². The Labute approximate surface area is 253 Å². The number of pyridine rings is 1. The fraction of sp³-hybridized carbons (Fsp3) is 0.250. The van der Waals surface area contributed by atoms with Gasteiger partial charge in [-0.05, 0) is 55.5 Å². The zero-order valence-corrected chi connectivity index (χ0v) is 23.4. The fourth-order valence-electron chi connectivity index (χ4n) is 4.63. The first-order valence-corrected chi connectivity index (χ1v) is 13.1. The van der Waals surface area contributed by atoms with Gasteiger partial charge in [0.05, 0.1) is 17.3 Å². The molecule has 17 heteroatoms. The van der Waals surface area contributed by atoms with Gasteiger partial charge in [0.1, 0.15) is 34.8 Å². The molecule has 1 aliphatic heterocycles. The topological polar surface area (TPSA) is 140 Å². The van der Waals surface area contributed by atoms with Crippen LogP contribution >= 0.6 is 11.6 Å². The van der Waals surface area contributed by atoms with E-state index in [-0.39, 0.29) is 45.1 Å². The van der Waals surface area contributed by atoms with Crippen molar-refractivity contribution in [2.45, 2.75) is 30.3 Å². The SMILES string of the molecule is C[C@]1(C(N)=O)COc2c1cc([C@@](O)(CNC(=O)c1cc(Cl)c3nnc(C(F)(F)F)cc3c1)C(F)(F)F)nc2-c1ccc(F)cc1. The largest absolute Gasteiger partial charge is 0.489 e. The number of nitrogens with one attached hydrogen (secondary N) is 1. The summed E-state index contributed by atoms with van der Waals surface area (Å²) >= 11 is 6.05. The summed E-state index contributed by atoms with van der Waals surface area (Å²) in [5.41, 5.74) is -3.49. The van der Waals surface area contributed by atoms with E-state index in [0.717, 1.165) is 30.3 Å². The molecule has 0 radical (unpaired) electrons. The van der Waals surface area contributed by atoms with Crippen molar-refractivity contribution in [3.05, 3.63) is 81.9 Å². The number of alkyl halides is 6. The second-order valence-corrected chi connectivity index (χ2v) is 10.8. The number of ether oxygens (including phenoxy) is 1. The molecular formula is C28H19ClF7N5O4. The molecule has 4 aromatic rings. The maximum atomic E-state index is 14.6. The van der Waals surface area contributed by atoms with E-state index in [2.05, 4.69) is 15.2 Å². The Morgan fingerprint density at radius 1 is 1.04 bits per heavy atom. The van der Waals surface area contributed by atoms with Gasteiger partial charge in [-0.3, -0.25) is 9.59 Å². The number of nitrogens with zero attached hydrogens (tertiary/aromatic N) is 3. The molecule has 0 spiro atoms. The molecule has 0 bridgehead atoms. The van der Waals surface area contributed by atoms with E-state index in [9.17, 15) is 45.4 Å². The van der Waals surface area contributed by atoms with Crippen LogP contribution < -0.4 is 15.8 Å². The van der Waals surface area contributed by atoms with Crippen molar-refractivity contribution < 1.29 is 50.2 Å². The Morgan fingerprint density at radius 2 is 1.71 bits per heavy atom. The average molecular weight is 658 g/mol. The highest BCUT2D eigenvalue weighted by Gasteiger charge is 2.57. The minimum atomic E-state index is -5.50. The van der Waals surface area contributed by atoms with Crippen molar-refractivity contribution in [2.75, 3.05) is 13.2 Å². The van der Waals surface area contributed by atoms with E-state index < -0.39 is 64.5 Å². The molecule has 2 aromatic heterocycles. The van der Waals surface area contributed by atoms with Crippen LogP contribution in [0.25, 0.3) is 22.2 Å². The third-order valence-electron chi connectivity index (χ3n) is 7.33. The van der Waals surface area contributed by atoms with Crippen LogP contribution in [0.3, 0.4) is 0 Å². The Kier molecular flexibility index (Phi) is 7.64. The van der Waals surface area contributed by atoms with Gasteiger partial charge in [0.15, 0.2) is 5.69 Å². The van der Waals surface area contributed by atoms with Gasteiger partial charge in [-0.25, -0.2) is 9.37 Å². The van der Waals surface area contributed by atoms with Crippen LogP contribution in [0.4, 0.5) is 30.7 Å². The number of aliphatic hydroxyl groups is 1. The molecule has 1 aliphatic rings. The Hall–Kier alpha value is -4.57. The molecule has 4 N–H and O–H groups in total. The van der Waals surface area contributed by atoms with Crippen LogP contribution in [0, 0.1) is 5.82 Å². The van der Waals surface area contributed by atoms with E-state index in [0.29, 0.717) is 6.07 Å². The second kappa shape index (κ2) is 10.8. The van der Waals surface area contributed by atoms with Crippen LogP contribution in [0.5, 0.6) is 5.75 Å². The quantitative estimate of drug-likeness (QED) is 0.253. The molecule has 2 aromatic carbocycles. The molecule has 0 aliphatic carbocycles. The third-order valence-corrected chi connectivity index (χ3v) is 7.62. The highest BCUT2D eigenvalue weighted by Crippen LogP contribution is 2.47. The lowest BCUT2D eigenvalue weighted by molar-refractivity contribution is -0.265. The van der Waals surface area contributed by atoms with Crippen LogP contribution in [-0.2, 0) is 22.0 Å². The average Bonchev–Trinajstić information content (AvgIpc) is 3.32. The summed E-state index contributed by atoms with van der Waals surface area (Å²) in [6, 6.07) is 7.59. The first kappa shape index (κ1) is 31.8. The first-order chi connectivity index (χ1) is 20.8. The van der Waals surface area contributed by atoms with Crippen LogP contribution in [0.15, 0.2) is 48.5 Å². The number of amides is 2. The predicted molar refractivity (Wildman–Crippen MR) is 144 cm³/mol. The summed E-state index contributed by atoms with van der Waals surface area (Å²) in [5.74, 6) is -3.00. The van der Waals surface area contributed by atoms with Crippen molar-refractivity contribution >= 4 is 34.3 Å². The molecule has 45 heavy (non-hydrogen) atoms. The van der Waals surface area contributed by atoms with Crippen molar-refractivity contribution in [2.24, 2.45) is 5.73 Å². The third kappa shape index (κ3) is 5.59. The lowest BCUT2D eigenvalue weighted by atomic mass is 9.81. The van der Waals surface area contributed by atoms with Crippen molar-refractivity contribution in [3.8, 4) is 17.0 Å². The molecule has 236 valence electrons. The highest BCUT2D eigenvalue weighted by atomic mass is 35.5. The Morgan fingerprint density at radius 3 is 2.31 bits per heavy atom. The summed E-state index contributed by atoms with van der Waals surface area (Å²) in [4.78, 5) is 29.3. The number of aromatic nitrogens is 3. The maximum Gasteiger partial charge on any atom is 0.435 e. The summed E-state index contributed by atoms with van der Waals surface area (Å²) in [5, 5.41) is 18.9. The highest BCUT2D eigenvalue weighted by molar-refractivity contribution is 6.35. The summed E-state index contributed by atoms with van der Waals surface area (Å²) in [6.45, 7) is -0.608. The minimum Gasteiger partial charge on any atom is -0.489 e. The zero-order valence-electron chi connectivity index (χ0n) is 22.6. The Balaban J connectivity index is 1.57. The maximum absolute atomic E-state index is 14.6. The van der Waals surface area contributed by atoms with Gasteiger partial charge in [0.2, 0.25) is 11.5 Å². The van der Waals surface area contributed by atoms with Crippen LogP contribution in [0.1, 0.15) is 34.2 Å². The van der Waals surface area contributed by atoms with Gasteiger partial charge >= 0.3 is 12.4 Å². The van der Waals surface area contributed by atoms with Gasteiger partial charge in [-0.2, -0.15) is 26.3 Å². The molecule has 0 saturated carbocycles. The number of nitrogens with two attached hydrogens (primary N) is 1. The second-order valence-electron chi connectivity index (χ2n) is 10.4. The number of primary amides is 1. The van der Waals surface area contributed by atoms with Crippen LogP contribution in [0.2, 0.25) is 5.02 Å². The molecule has 3 heterocycles. The number of benzene rings is 2. The van der Waals surface area contributed by atoms with Gasteiger partial charge in [0, 0.05) is 22.1 Å². The summed E-state index contributed by atoms with van der Waals surface area (Å²) in [6.07, 6.45) is -10.4. The summed E-state index contributed by atoms with van der Waals surface area (Å²) < 4.78 is 102. The van der Waals surface area contributed by atoms with Gasteiger partial charge in [-0.1, -0.05) is 11.6 Å². The number of fused-ring (bicyclic) bond motifs is 2.